The number of carboxylic acid groups (broad SMARTS) is 1. The van der Waals surface area contributed by atoms with Crippen LogP contribution in [0.4, 0.5) is 0 Å². The maximum Gasteiger partial charge on any atom is 0.336 e. The van der Waals surface area contributed by atoms with Crippen LogP contribution < -0.4 is 0 Å². The van der Waals surface area contributed by atoms with Crippen LogP contribution in [-0.4, -0.2) is 16.2 Å². The van der Waals surface area contributed by atoms with E-state index in [1.54, 1.807) is 18.2 Å². The van der Waals surface area contributed by atoms with Crippen molar-refractivity contribution < 1.29 is 15.0 Å². The van der Waals surface area contributed by atoms with Gasteiger partial charge in [-0.25, -0.2) is 4.79 Å². The fourth-order valence-electron chi connectivity index (χ4n) is 3.00. The van der Waals surface area contributed by atoms with Gasteiger partial charge in [0.05, 0.1) is 10.5 Å². The van der Waals surface area contributed by atoms with Crippen LogP contribution >= 0.6 is 11.8 Å². The Kier molecular flexibility index (Phi) is 3.82. The Morgan fingerprint density at radius 3 is 2.20 bits per heavy atom. The number of aromatic hydroxyl groups is 1. The molecule has 25 heavy (non-hydrogen) atoms. The van der Waals surface area contributed by atoms with E-state index < -0.39 is 5.97 Å². The molecular weight excluding hydrogens is 332 g/mol. The number of carbonyl (C=O) groups is 1. The van der Waals surface area contributed by atoms with Crippen molar-refractivity contribution in [1.82, 2.24) is 0 Å². The third kappa shape index (κ3) is 2.71. The summed E-state index contributed by atoms with van der Waals surface area (Å²) in [5.74, 6) is -0.726. The molecule has 0 radical (unpaired) electrons. The average molecular weight is 346 g/mol. The molecule has 0 bridgehead atoms. The minimum atomic E-state index is -0.944. The summed E-state index contributed by atoms with van der Waals surface area (Å²) >= 11 is 1.45. The molecule has 4 rings (SSSR count). The number of carboxylic acids is 1. The molecule has 0 aliphatic heterocycles. The lowest BCUT2D eigenvalue weighted by Gasteiger charge is -2.12. The van der Waals surface area contributed by atoms with Gasteiger partial charge in [-0.05, 0) is 39.7 Å². The van der Waals surface area contributed by atoms with Gasteiger partial charge in [0.25, 0.3) is 0 Å². The highest BCUT2D eigenvalue weighted by atomic mass is 32.2. The number of phenols is 1. The van der Waals surface area contributed by atoms with E-state index in [2.05, 4.69) is 0 Å². The van der Waals surface area contributed by atoms with Crippen LogP contribution in [0.25, 0.3) is 21.5 Å². The second-order valence-electron chi connectivity index (χ2n) is 5.70. The van der Waals surface area contributed by atoms with E-state index in [4.69, 9.17) is 0 Å². The van der Waals surface area contributed by atoms with Crippen molar-refractivity contribution in [3.8, 4) is 5.75 Å². The van der Waals surface area contributed by atoms with Gasteiger partial charge in [0.1, 0.15) is 5.75 Å². The van der Waals surface area contributed by atoms with Gasteiger partial charge in [0.15, 0.2) is 0 Å². The molecule has 0 aromatic heterocycles. The first-order valence-electron chi connectivity index (χ1n) is 7.79. The van der Waals surface area contributed by atoms with Gasteiger partial charge >= 0.3 is 5.97 Å². The van der Waals surface area contributed by atoms with Crippen LogP contribution in [0.15, 0.2) is 82.6 Å². The molecule has 0 amide bonds. The lowest BCUT2D eigenvalue weighted by molar-refractivity contribution is 0.0699. The first kappa shape index (κ1) is 15.5. The fraction of sp³-hybridized carbons (Fsp3) is 0. The Morgan fingerprint density at radius 2 is 1.44 bits per heavy atom. The Balaban J connectivity index is 1.92. The van der Waals surface area contributed by atoms with Gasteiger partial charge in [0.2, 0.25) is 0 Å². The normalized spacial score (nSPS) is 11.0. The smallest absolute Gasteiger partial charge is 0.336 e. The van der Waals surface area contributed by atoms with Gasteiger partial charge in [0, 0.05) is 4.90 Å². The zero-order valence-electron chi connectivity index (χ0n) is 13.1. The molecule has 0 aliphatic carbocycles. The van der Waals surface area contributed by atoms with Crippen molar-refractivity contribution in [3.63, 3.8) is 0 Å². The average Bonchev–Trinajstić information content (AvgIpc) is 2.64. The monoisotopic (exact) mass is 346 g/mol. The van der Waals surface area contributed by atoms with Crippen LogP contribution in [0.3, 0.4) is 0 Å². The second kappa shape index (κ2) is 6.15. The SMILES string of the molecule is O=C(O)c1ccc(Sc2c(O)ccc3ccccc23)c2ccccc12. The molecule has 4 heteroatoms. The van der Waals surface area contributed by atoms with E-state index in [0.29, 0.717) is 5.39 Å². The third-order valence-corrected chi connectivity index (χ3v) is 5.39. The van der Waals surface area contributed by atoms with Crippen LogP contribution in [0, 0.1) is 0 Å². The lowest BCUT2D eigenvalue weighted by Crippen LogP contribution is -1.97. The van der Waals surface area contributed by atoms with Gasteiger partial charge in [-0.1, -0.05) is 66.4 Å². The van der Waals surface area contributed by atoms with Crippen LogP contribution in [0.2, 0.25) is 0 Å². The summed E-state index contributed by atoms with van der Waals surface area (Å²) < 4.78 is 0. The number of phenolic OH excluding ortho intramolecular Hbond substituents is 1. The van der Waals surface area contributed by atoms with Crippen LogP contribution in [0.5, 0.6) is 5.75 Å². The number of benzene rings is 4. The number of fused-ring (bicyclic) bond motifs is 2. The highest BCUT2D eigenvalue weighted by Gasteiger charge is 2.14. The number of hydrogen-bond acceptors (Lipinski definition) is 3. The summed E-state index contributed by atoms with van der Waals surface area (Å²) in [6, 6.07) is 22.3. The molecule has 4 aromatic carbocycles. The Morgan fingerprint density at radius 1 is 0.760 bits per heavy atom. The van der Waals surface area contributed by atoms with E-state index in [9.17, 15) is 15.0 Å². The number of rotatable bonds is 3. The standard InChI is InChI=1S/C21H14O3S/c22-18-11-9-13-5-1-2-6-14(13)20(18)25-19-12-10-17(21(23)24)15-7-3-4-8-16(15)19/h1-12,22H,(H,23,24). The first-order chi connectivity index (χ1) is 12.1. The van der Waals surface area contributed by atoms with E-state index in [0.717, 1.165) is 25.9 Å². The highest BCUT2D eigenvalue weighted by Crippen LogP contribution is 2.42. The van der Waals surface area contributed by atoms with Crippen molar-refractivity contribution >= 4 is 39.3 Å². The molecule has 0 atom stereocenters. The van der Waals surface area contributed by atoms with E-state index in [1.165, 1.54) is 11.8 Å². The lowest BCUT2D eigenvalue weighted by atomic mass is 10.0. The molecule has 0 heterocycles. The highest BCUT2D eigenvalue weighted by molar-refractivity contribution is 8.00. The minimum Gasteiger partial charge on any atom is -0.507 e. The summed E-state index contributed by atoms with van der Waals surface area (Å²) in [5, 5.41) is 23.3. The maximum absolute atomic E-state index is 11.5. The molecule has 0 fully saturated rings. The van der Waals surface area contributed by atoms with E-state index >= 15 is 0 Å². The summed E-state index contributed by atoms with van der Waals surface area (Å²) in [5.41, 5.74) is 0.280. The Labute approximate surface area is 148 Å². The van der Waals surface area contributed by atoms with E-state index in [1.807, 2.05) is 54.6 Å². The molecule has 0 unspecified atom stereocenters. The number of hydrogen-bond donors (Lipinski definition) is 2. The summed E-state index contributed by atoms with van der Waals surface area (Å²) in [6.45, 7) is 0. The Hall–Kier alpha value is -2.98. The molecular formula is C21H14O3S. The van der Waals surface area contributed by atoms with Gasteiger partial charge in [-0.2, -0.15) is 0 Å². The summed E-state index contributed by atoms with van der Waals surface area (Å²) in [6.07, 6.45) is 0. The topological polar surface area (TPSA) is 57.5 Å². The molecule has 4 aromatic rings. The van der Waals surface area contributed by atoms with Crippen molar-refractivity contribution in [2.24, 2.45) is 0 Å². The predicted octanol–water partition coefficient (Wildman–Crippen LogP) is 5.55. The largest absolute Gasteiger partial charge is 0.507 e. The van der Waals surface area contributed by atoms with Crippen molar-refractivity contribution in [3.05, 3.63) is 78.4 Å². The third-order valence-electron chi connectivity index (χ3n) is 4.19. The zero-order valence-corrected chi connectivity index (χ0v) is 14.0. The summed E-state index contributed by atoms with van der Waals surface area (Å²) in [7, 11) is 0. The van der Waals surface area contributed by atoms with Crippen molar-refractivity contribution in [1.29, 1.82) is 0 Å². The van der Waals surface area contributed by atoms with Crippen LogP contribution in [-0.2, 0) is 0 Å². The molecule has 2 N–H and O–H groups in total. The molecule has 122 valence electrons. The number of aromatic carboxylic acids is 1. The molecule has 0 aliphatic rings. The van der Waals surface area contributed by atoms with Crippen molar-refractivity contribution in [2.75, 3.05) is 0 Å². The molecule has 0 saturated carbocycles. The van der Waals surface area contributed by atoms with Crippen LogP contribution in [0.1, 0.15) is 10.4 Å². The zero-order chi connectivity index (χ0) is 17.4. The first-order valence-corrected chi connectivity index (χ1v) is 8.60. The van der Waals surface area contributed by atoms with Gasteiger partial charge in [-0.15, -0.1) is 0 Å². The summed E-state index contributed by atoms with van der Waals surface area (Å²) in [4.78, 5) is 13.1. The molecule has 3 nitrogen and oxygen atoms in total. The predicted molar refractivity (Wildman–Crippen MR) is 101 cm³/mol. The quantitative estimate of drug-likeness (QED) is 0.511. The molecule has 0 spiro atoms. The molecule has 0 saturated heterocycles. The Bertz CT molecular complexity index is 1120. The minimum absolute atomic E-state index is 0.218. The van der Waals surface area contributed by atoms with Gasteiger partial charge < -0.3 is 10.2 Å². The fourth-order valence-corrected chi connectivity index (χ4v) is 4.11. The second-order valence-corrected chi connectivity index (χ2v) is 6.75. The van der Waals surface area contributed by atoms with Gasteiger partial charge in [-0.3, -0.25) is 0 Å². The maximum atomic E-state index is 11.5. The van der Waals surface area contributed by atoms with E-state index in [-0.39, 0.29) is 11.3 Å². The van der Waals surface area contributed by atoms with Crippen molar-refractivity contribution in [2.45, 2.75) is 9.79 Å².